The van der Waals surface area contributed by atoms with Crippen LogP contribution in [0, 0.1) is 11.3 Å². The van der Waals surface area contributed by atoms with Crippen LogP contribution in [0.1, 0.15) is 18.4 Å². The number of hydrogen-bond donors (Lipinski definition) is 1. The lowest BCUT2D eigenvalue weighted by atomic mass is 9.94. The van der Waals surface area contributed by atoms with Crippen molar-refractivity contribution in [2.75, 3.05) is 19.7 Å². The van der Waals surface area contributed by atoms with E-state index in [2.05, 4.69) is 24.3 Å². The van der Waals surface area contributed by atoms with Crippen LogP contribution in [0.3, 0.4) is 0 Å². The lowest BCUT2D eigenvalue weighted by Crippen LogP contribution is -2.43. The van der Waals surface area contributed by atoms with E-state index in [1.54, 1.807) is 0 Å². The van der Waals surface area contributed by atoms with Crippen LogP contribution in [-0.2, 0) is 16.0 Å². The number of aryl methyl sites for hydroxylation is 1. The van der Waals surface area contributed by atoms with Crippen molar-refractivity contribution in [1.29, 1.82) is 5.41 Å². The van der Waals surface area contributed by atoms with Crippen molar-refractivity contribution in [3.05, 3.63) is 47.7 Å². The van der Waals surface area contributed by atoms with Gasteiger partial charge in [0.15, 0.2) is 0 Å². The second-order valence-electron chi connectivity index (χ2n) is 5.66. The third-order valence-electron chi connectivity index (χ3n) is 4.00. The second kappa shape index (κ2) is 6.87. The molecule has 4 heteroatoms. The lowest BCUT2D eigenvalue weighted by Gasteiger charge is -2.35. The summed E-state index contributed by atoms with van der Waals surface area (Å²) in [5.41, 5.74) is 1.36. The van der Waals surface area contributed by atoms with Crippen LogP contribution in [-0.4, -0.2) is 37.1 Å². The van der Waals surface area contributed by atoms with Crippen LogP contribution < -0.4 is 0 Å². The zero-order chi connectivity index (χ0) is 14.5. The molecular formula is C17H22N2O2. The van der Waals surface area contributed by atoms with E-state index in [4.69, 9.17) is 15.0 Å². The van der Waals surface area contributed by atoms with Crippen LogP contribution in [0.5, 0.6) is 0 Å². The third-order valence-corrected chi connectivity index (χ3v) is 4.00. The Morgan fingerprint density at radius 1 is 1.33 bits per heavy atom. The molecule has 0 amide bonds. The molecule has 0 bridgehead atoms. The van der Waals surface area contributed by atoms with Gasteiger partial charge in [-0.05, 0) is 24.5 Å². The number of hydroxylamine groups is 2. The SMILES string of the molecule is N=CC1C=C(ON2CCOC(CCc3ccccc3)C2)C1. The first kappa shape index (κ1) is 14.3. The maximum absolute atomic E-state index is 7.18. The highest BCUT2D eigenvalue weighted by Crippen LogP contribution is 2.26. The first-order valence-electron chi connectivity index (χ1n) is 7.63. The fraction of sp³-hybridized carbons (Fsp3) is 0.471. The van der Waals surface area contributed by atoms with Gasteiger partial charge >= 0.3 is 0 Å². The van der Waals surface area contributed by atoms with E-state index in [9.17, 15) is 0 Å². The zero-order valence-electron chi connectivity index (χ0n) is 12.2. The summed E-state index contributed by atoms with van der Waals surface area (Å²) in [5, 5.41) is 9.18. The minimum Gasteiger partial charge on any atom is -0.411 e. The number of nitrogens with zero attached hydrogens (tertiary/aromatic N) is 1. The zero-order valence-corrected chi connectivity index (χ0v) is 12.2. The maximum Gasteiger partial charge on any atom is 0.122 e. The van der Waals surface area contributed by atoms with Crippen LogP contribution >= 0.6 is 0 Å². The number of rotatable bonds is 6. The fourth-order valence-corrected chi connectivity index (χ4v) is 2.70. The summed E-state index contributed by atoms with van der Waals surface area (Å²) in [6.07, 6.45) is 6.63. The summed E-state index contributed by atoms with van der Waals surface area (Å²) in [4.78, 5) is 5.85. The molecule has 4 nitrogen and oxygen atoms in total. The summed E-state index contributed by atoms with van der Waals surface area (Å²) < 4.78 is 5.83. The van der Waals surface area contributed by atoms with E-state index < -0.39 is 0 Å². The molecule has 0 radical (unpaired) electrons. The van der Waals surface area contributed by atoms with E-state index in [-0.39, 0.29) is 12.0 Å². The Hall–Kier alpha value is -1.65. The van der Waals surface area contributed by atoms with Gasteiger partial charge in [-0.15, -0.1) is 5.06 Å². The van der Waals surface area contributed by atoms with Crippen molar-refractivity contribution in [3.8, 4) is 0 Å². The van der Waals surface area contributed by atoms with Crippen LogP contribution in [0.2, 0.25) is 0 Å². The molecule has 3 rings (SSSR count). The Labute approximate surface area is 125 Å². The molecule has 1 fully saturated rings. The molecule has 1 aromatic rings. The summed E-state index contributed by atoms with van der Waals surface area (Å²) in [6.45, 7) is 2.36. The van der Waals surface area contributed by atoms with Gasteiger partial charge < -0.3 is 15.0 Å². The number of benzene rings is 1. The van der Waals surface area contributed by atoms with Gasteiger partial charge in [0.2, 0.25) is 0 Å². The van der Waals surface area contributed by atoms with E-state index in [1.165, 1.54) is 11.8 Å². The number of hydrogen-bond acceptors (Lipinski definition) is 4. The van der Waals surface area contributed by atoms with Gasteiger partial charge in [-0.3, -0.25) is 0 Å². The van der Waals surface area contributed by atoms with Crippen LogP contribution in [0.15, 0.2) is 42.2 Å². The van der Waals surface area contributed by atoms with Gasteiger partial charge in [0.1, 0.15) is 5.76 Å². The van der Waals surface area contributed by atoms with E-state index in [0.717, 1.165) is 44.7 Å². The number of nitrogens with one attached hydrogen (secondary N) is 1. The first-order valence-corrected chi connectivity index (χ1v) is 7.63. The summed E-state index contributed by atoms with van der Waals surface area (Å²) >= 11 is 0. The van der Waals surface area contributed by atoms with Crippen LogP contribution in [0.4, 0.5) is 0 Å². The quantitative estimate of drug-likeness (QED) is 0.818. The molecule has 1 aliphatic carbocycles. The Balaban J connectivity index is 1.44. The molecule has 0 saturated carbocycles. The number of allylic oxidation sites excluding steroid dienone is 2. The Morgan fingerprint density at radius 2 is 2.14 bits per heavy atom. The van der Waals surface area contributed by atoms with Gasteiger partial charge in [0.25, 0.3) is 0 Å². The molecule has 1 heterocycles. The molecule has 0 aromatic heterocycles. The standard InChI is InChI=1S/C17H22N2O2/c18-12-15-10-17(11-15)21-19-8-9-20-16(13-19)7-6-14-4-2-1-3-5-14/h1-5,10,12,15-16,18H,6-9,11,13H2. The van der Waals surface area contributed by atoms with Gasteiger partial charge in [-0.1, -0.05) is 30.3 Å². The Bertz CT molecular complexity index is 501. The average molecular weight is 286 g/mol. The molecule has 21 heavy (non-hydrogen) atoms. The van der Waals surface area contributed by atoms with E-state index >= 15 is 0 Å². The van der Waals surface area contributed by atoms with E-state index in [1.807, 2.05) is 17.2 Å². The molecule has 2 aliphatic rings. The van der Waals surface area contributed by atoms with Crippen molar-refractivity contribution in [2.45, 2.75) is 25.4 Å². The number of morpholine rings is 1. The molecule has 1 aromatic carbocycles. The highest BCUT2D eigenvalue weighted by molar-refractivity contribution is 5.62. The van der Waals surface area contributed by atoms with Crippen molar-refractivity contribution < 1.29 is 9.57 Å². The highest BCUT2D eigenvalue weighted by Gasteiger charge is 2.25. The van der Waals surface area contributed by atoms with Crippen molar-refractivity contribution >= 4 is 6.21 Å². The first-order chi connectivity index (χ1) is 10.3. The number of ether oxygens (including phenoxy) is 1. The summed E-state index contributed by atoms with van der Waals surface area (Å²) in [5.74, 6) is 1.27. The lowest BCUT2D eigenvalue weighted by molar-refractivity contribution is -0.190. The van der Waals surface area contributed by atoms with Gasteiger partial charge in [-0.2, -0.15) is 0 Å². The molecule has 2 unspecified atom stereocenters. The van der Waals surface area contributed by atoms with Crippen molar-refractivity contribution in [2.24, 2.45) is 5.92 Å². The van der Waals surface area contributed by atoms with Gasteiger partial charge in [0, 0.05) is 18.6 Å². The molecule has 112 valence electrons. The smallest absolute Gasteiger partial charge is 0.122 e. The molecule has 1 aliphatic heterocycles. The topological polar surface area (TPSA) is 45.5 Å². The Kier molecular flexibility index (Phi) is 4.68. The second-order valence-corrected chi connectivity index (χ2v) is 5.66. The molecular weight excluding hydrogens is 264 g/mol. The molecule has 1 saturated heterocycles. The predicted molar refractivity (Wildman–Crippen MR) is 82.1 cm³/mol. The maximum atomic E-state index is 7.18. The largest absolute Gasteiger partial charge is 0.411 e. The third kappa shape index (κ3) is 3.93. The normalized spacial score (nSPS) is 25.8. The van der Waals surface area contributed by atoms with Crippen LogP contribution in [0.25, 0.3) is 0 Å². The van der Waals surface area contributed by atoms with Gasteiger partial charge in [-0.25, -0.2) is 0 Å². The minimum absolute atomic E-state index is 0.234. The van der Waals surface area contributed by atoms with E-state index in [0.29, 0.717) is 0 Å². The monoisotopic (exact) mass is 286 g/mol. The molecule has 0 spiro atoms. The molecule has 2 atom stereocenters. The average Bonchev–Trinajstić information content (AvgIpc) is 2.50. The summed E-state index contributed by atoms with van der Waals surface area (Å²) in [6, 6.07) is 10.5. The van der Waals surface area contributed by atoms with Gasteiger partial charge in [0.05, 0.1) is 25.8 Å². The highest BCUT2D eigenvalue weighted by atomic mass is 16.7. The van der Waals surface area contributed by atoms with Crippen molar-refractivity contribution in [1.82, 2.24) is 5.06 Å². The Morgan fingerprint density at radius 3 is 2.90 bits per heavy atom. The van der Waals surface area contributed by atoms with Crippen molar-refractivity contribution in [3.63, 3.8) is 0 Å². The molecule has 1 N–H and O–H groups in total. The predicted octanol–water partition coefficient (Wildman–Crippen LogP) is 2.80. The minimum atomic E-state index is 0.234. The summed E-state index contributed by atoms with van der Waals surface area (Å²) in [7, 11) is 0. The fourth-order valence-electron chi connectivity index (χ4n) is 2.70.